The Labute approximate surface area is 122 Å². The molecule has 1 amide bonds. The number of rotatable bonds is 4. The summed E-state index contributed by atoms with van der Waals surface area (Å²) in [5.41, 5.74) is 8.14. The molecule has 2 aromatic rings. The Balaban J connectivity index is 1.86. The fraction of sp³-hybridized carbons (Fsp3) is 0.188. The van der Waals surface area contributed by atoms with E-state index in [0.29, 0.717) is 22.6 Å². The van der Waals surface area contributed by atoms with Crippen LogP contribution in [0, 0.1) is 5.82 Å². The van der Waals surface area contributed by atoms with Gasteiger partial charge in [-0.2, -0.15) is 0 Å². The molecule has 1 fully saturated rings. The molecule has 5 heteroatoms. The summed E-state index contributed by atoms with van der Waals surface area (Å²) in [6, 6.07) is 11.4. The molecule has 3 rings (SSSR count). The molecule has 21 heavy (non-hydrogen) atoms. The maximum Gasteiger partial charge on any atom is 0.253 e. The quantitative estimate of drug-likeness (QED) is 0.756. The van der Waals surface area contributed by atoms with Crippen molar-refractivity contribution < 1.29 is 9.18 Å². The fourth-order valence-corrected chi connectivity index (χ4v) is 2.04. The highest BCUT2D eigenvalue weighted by Gasteiger charge is 2.25. The van der Waals surface area contributed by atoms with Crippen LogP contribution in [0.4, 0.5) is 21.5 Å². The molecule has 1 saturated carbocycles. The minimum atomic E-state index is -0.301. The second kappa shape index (κ2) is 5.44. The Kier molecular flexibility index (Phi) is 3.48. The van der Waals surface area contributed by atoms with Crippen LogP contribution in [-0.4, -0.2) is 11.9 Å². The van der Waals surface area contributed by atoms with Gasteiger partial charge in [0.1, 0.15) is 5.82 Å². The zero-order valence-corrected chi connectivity index (χ0v) is 11.4. The van der Waals surface area contributed by atoms with Gasteiger partial charge in [-0.3, -0.25) is 4.79 Å². The Morgan fingerprint density at radius 3 is 2.52 bits per heavy atom. The van der Waals surface area contributed by atoms with Crippen molar-refractivity contribution in [3.63, 3.8) is 0 Å². The van der Waals surface area contributed by atoms with E-state index in [0.717, 1.165) is 12.8 Å². The lowest BCUT2D eigenvalue weighted by Gasteiger charge is -2.13. The summed E-state index contributed by atoms with van der Waals surface area (Å²) in [5, 5.41) is 6.06. The van der Waals surface area contributed by atoms with Crippen LogP contribution < -0.4 is 16.4 Å². The number of nitrogen functional groups attached to an aromatic ring is 1. The first-order chi connectivity index (χ1) is 10.1. The Hall–Kier alpha value is -2.56. The van der Waals surface area contributed by atoms with E-state index in [2.05, 4.69) is 10.6 Å². The SMILES string of the molecule is Nc1ccc(Nc2ccc(F)cc2)c(C(=O)NC2CC2)c1. The van der Waals surface area contributed by atoms with Crippen molar-refractivity contribution in [2.24, 2.45) is 0 Å². The van der Waals surface area contributed by atoms with Crippen LogP contribution in [0.25, 0.3) is 0 Å². The predicted octanol–water partition coefficient (Wildman–Crippen LogP) is 3.04. The number of anilines is 3. The summed E-state index contributed by atoms with van der Waals surface area (Å²) < 4.78 is 12.9. The number of carbonyl (C=O) groups is 1. The number of nitrogens with one attached hydrogen (secondary N) is 2. The standard InChI is InChI=1S/C16H16FN3O/c17-10-1-4-12(5-2-10)19-15-8-3-11(18)9-14(15)16(21)20-13-6-7-13/h1-5,8-9,13,19H,6-7,18H2,(H,20,21). The molecule has 0 aromatic heterocycles. The van der Waals surface area contributed by atoms with Crippen LogP contribution in [0.2, 0.25) is 0 Å². The smallest absolute Gasteiger partial charge is 0.253 e. The molecule has 1 aliphatic rings. The number of hydrogen-bond acceptors (Lipinski definition) is 3. The van der Waals surface area contributed by atoms with E-state index in [9.17, 15) is 9.18 Å². The van der Waals surface area contributed by atoms with E-state index in [1.807, 2.05) is 0 Å². The van der Waals surface area contributed by atoms with E-state index in [-0.39, 0.29) is 17.8 Å². The lowest BCUT2D eigenvalue weighted by molar-refractivity contribution is 0.0952. The number of carbonyl (C=O) groups excluding carboxylic acids is 1. The first-order valence-corrected chi connectivity index (χ1v) is 6.85. The molecule has 108 valence electrons. The molecule has 4 N–H and O–H groups in total. The molecule has 0 unspecified atom stereocenters. The van der Waals surface area contributed by atoms with Gasteiger partial charge in [0, 0.05) is 17.4 Å². The van der Waals surface area contributed by atoms with Crippen LogP contribution in [0.15, 0.2) is 42.5 Å². The maximum absolute atomic E-state index is 12.9. The van der Waals surface area contributed by atoms with Crippen molar-refractivity contribution in [1.29, 1.82) is 0 Å². The van der Waals surface area contributed by atoms with Gasteiger partial charge in [0.15, 0.2) is 0 Å². The zero-order valence-electron chi connectivity index (χ0n) is 11.4. The molecule has 4 nitrogen and oxygen atoms in total. The van der Waals surface area contributed by atoms with E-state index >= 15 is 0 Å². The van der Waals surface area contributed by atoms with Crippen LogP contribution in [-0.2, 0) is 0 Å². The summed E-state index contributed by atoms with van der Waals surface area (Å²) in [6.07, 6.45) is 2.05. The average molecular weight is 285 g/mol. The number of hydrogen-bond donors (Lipinski definition) is 3. The van der Waals surface area contributed by atoms with Crippen LogP contribution in [0.1, 0.15) is 23.2 Å². The molecule has 0 radical (unpaired) electrons. The van der Waals surface area contributed by atoms with Gasteiger partial charge >= 0.3 is 0 Å². The largest absolute Gasteiger partial charge is 0.399 e. The Morgan fingerprint density at radius 1 is 1.14 bits per heavy atom. The highest BCUT2D eigenvalue weighted by Crippen LogP contribution is 2.25. The van der Waals surface area contributed by atoms with Crippen molar-refractivity contribution in [2.75, 3.05) is 11.1 Å². The van der Waals surface area contributed by atoms with Gasteiger partial charge in [-0.25, -0.2) is 4.39 Å². The van der Waals surface area contributed by atoms with Gasteiger partial charge in [-0.05, 0) is 55.3 Å². The maximum atomic E-state index is 12.9. The van der Waals surface area contributed by atoms with Gasteiger partial charge in [-0.1, -0.05) is 0 Å². The topological polar surface area (TPSA) is 67.1 Å². The van der Waals surface area contributed by atoms with Crippen LogP contribution in [0.5, 0.6) is 0 Å². The normalized spacial score (nSPS) is 13.8. The zero-order chi connectivity index (χ0) is 14.8. The van der Waals surface area contributed by atoms with Gasteiger partial charge in [0.05, 0.1) is 11.3 Å². The van der Waals surface area contributed by atoms with Crippen LogP contribution >= 0.6 is 0 Å². The number of benzene rings is 2. The van der Waals surface area contributed by atoms with Gasteiger partial charge in [0.25, 0.3) is 5.91 Å². The monoisotopic (exact) mass is 285 g/mol. The van der Waals surface area contributed by atoms with E-state index in [1.165, 1.54) is 12.1 Å². The highest BCUT2D eigenvalue weighted by molar-refractivity contribution is 6.01. The molecule has 0 atom stereocenters. The molecular formula is C16H16FN3O. The van der Waals surface area contributed by atoms with Crippen molar-refractivity contribution in [2.45, 2.75) is 18.9 Å². The van der Waals surface area contributed by atoms with Gasteiger partial charge in [-0.15, -0.1) is 0 Å². The number of halogens is 1. The van der Waals surface area contributed by atoms with Crippen molar-refractivity contribution in [3.05, 3.63) is 53.8 Å². The molecule has 0 aliphatic heterocycles. The lowest BCUT2D eigenvalue weighted by Crippen LogP contribution is -2.26. The predicted molar refractivity (Wildman–Crippen MR) is 81.0 cm³/mol. The molecule has 0 heterocycles. The van der Waals surface area contributed by atoms with E-state index in [1.54, 1.807) is 30.3 Å². The van der Waals surface area contributed by atoms with Crippen molar-refractivity contribution >= 4 is 23.0 Å². The number of amides is 1. The third-order valence-electron chi connectivity index (χ3n) is 3.32. The third kappa shape index (κ3) is 3.31. The minimum Gasteiger partial charge on any atom is -0.399 e. The summed E-state index contributed by atoms with van der Waals surface area (Å²) in [5.74, 6) is -0.445. The molecular weight excluding hydrogens is 269 g/mol. The van der Waals surface area contributed by atoms with E-state index < -0.39 is 0 Å². The Bertz CT molecular complexity index is 666. The molecule has 1 aliphatic carbocycles. The fourth-order valence-electron chi connectivity index (χ4n) is 2.04. The Morgan fingerprint density at radius 2 is 1.86 bits per heavy atom. The summed E-state index contributed by atoms with van der Waals surface area (Å²) in [7, 11) is 0. The summed E-state index contributed by atoms with van der Waals surface area (Å²) in [4.78, 5) is 12.2. The minimum absolute atomic E-state index is 0.144. The third-order valence-corrected chi connectivity index (χ3v) is 3.32. The van der Waals surface area contributed by atoms with Crippen LogP contribution in [0.3, 0.4) is 0 Å². The average Bonchev–Trinajstić information content (AvgIpc) is 3.27. The first-order valence-electron chi connectivity index (χ1n) is 6.85. The molecule has 0 saturated heterocycles. The molecule has 0 bridgehead atoms. The van der Waals surface area contributed by atoms with E-state index in [4.69, 9.17) is 5.73 Å². The second-order valence-electron chi connectivity index (χ2n) is 5.18. The van der Waals surface area contributed by atoms with Gasteiger partial charge in [0.2, 0.25) is 0 Å². The lowest BCUT2D eigenvalue weighted by atomic mass is 10.1. The number of nitrogens with two attached hydrogens (primary N) is 1. The van der Waals surface area contributed by atoms with Gasteiger partial charge < -0.3 is 16.4 Å². The first kappa shape index (κ1) is 13.4. The highest BCUT2D eigenvalue weighted by atomic mass is 19.1. The summed E-state index contributed by atoms with van der Waals surface area (Å²) >= 11 is 0. The molecule has 2 aromatic carbocycles. The second-order valence-corrected chi connectivity index (χ2v) is 5.18. The van der Waals surface area contributed by atoms with Crippen molar-refractivity contribution in [1.82, 2.24) is 5.32 Å². The summed E-state index contributed by atoms with van der Waals surface area (Å²) in [6.45, 7) is 0. The molecule has 0 spiro atoms. The van der Waals surface area contributed by atoms with Crippen molar-refractivity contribution in [3.8, 4) is 0 Å².